The zero-order valence-electron chi connectivity index (χ0n) is 20.2. The minimum Gasteiger partial charge on any atom is -0.497 e. The van der Waals surface area contributed by atoms with Gasteiger partial charge >= 0.3 is 0 Å². The van der Waals surface area contributed by atoms with Crippen molar-refractivity contribution in [2.24, 2.45) is 0 Å². The molecule has 0 spiro atoms. The largest absolute Gasteiger partial charge is 0.497 e. The Bertz CT molecular complexity index is 839. The van der Waals surface area contributed by atoms with Crippen molar-refractivity contribution in [3.63, 3.8) is 0 Å². The molecule has 0 bridgehead atoms. The molecular weight excluding hydrogens is 452 g/mol. The first kappa shape index (κ1) is 27.6. The Labute approximate surface area is 205 Å². The van der Waals surface area contributed by atoms with Gasteiger partial charge in [0.2, 0.25) is 11.8 Å². The van der Waals surface area contributed by atoms with Crippen LogP contribution in [-0.4, -0.2) is 86.7 Å². The van der Waals surface area contributed by atoms with Gasteiger partial charge < -0.3 is 35.0 Å². The summed E-state index contributed by atoms with van der Waals surface area (Å²) >= 11 is 0. The number of carbonyl (C=O) groups is 3. The second-order valence-electron chi connectivity index (χ2n) is 7.77. The van der Waals surface area contributed by atoms with Crippen LogP contribution in [0.3, 0.4) is 0 Å². The summed E-state index contributed by atoms with van der Waals surface area (Å²) in [4.78, 5) is 36.9. The predicted molar refractivity (Wildman–Crippen MR) is 131 cm³/mol. The van der Waals surface area contributed by atoms with Gasteiger partial charge in [-0.2, -0.15) is 0 Å². The Morgan fingerprint density at radius 1 is 0.771 bits per heavy atom. The van der Waals surface area contributed by atoms with E-state index in [2.05, 4.69) is 10.6 Å². The molecule has 2 aromatic carbocycles. The average molecular weight is 487 g/mol. The third-order valence-electron chi connectivity index (χ3n) is 5.51. The number of hydrogen-bond donors (Lipinski definition) is 3. The molecule has 35 heavy (non-hydrogen) atoms. The quantitative estimate of drug-likeness (QED) is 0.425. The number of nitrogens with zero attached hydrogens (tertiary/aromatic N) is 2. The van der Waals surface area contributed by atoms with E-state index in [9.17, 15) is 9.59 Å². The summed E-state index contributed by atoms with van der Waals surface area (Å²) in [7, 11) is 3.27. The first-order valence-electron chi connectivity index (χ1n) is 11.3. The van der Waals surface area contributed by atoms with Crippen LogP contribution in [0.5, 0.6) is 11.5 Å². The summed E-state index contributed by atoms with van der Waals surface area (Å²) < 4.78 is 10.3. The smallest absolute Gasteiger partial charge is 0.290 e. The summed E-state index contributed by atoms with van der Waals surface area (Å²) in [6, 6.07) is 15.5. The fourth-order valence-corrected chi connectivity index (χ4v) is 3.54. The number of ether oxygens (including phenoxy) is 2. The molecule has 1 fully saturated rings. The lowest BCUT2D eigenvalue weighted by molar-refractivity contribution is -0.138. The molecule has 3 N–H and O–H groups in total. The highest BCUT2D eigenvalue weighted by atomic mass is 16.5. The number of hydrogen-bond acceptors (Lipinski definition) is 7. The predicted octanol–water partition coefficient (Wildman–Crippen LogP) is 0.955. The van der Waals surface area contributed by atoms with Gasteiger partial charge in [-0.05, 0) is 35.4 Å². The van der Waals surface area contributed by atoms with Gasteiger partial charge in [0.25, 0.3) is 6.47 Å². The molecule has 1 saturated heterocycles. The Balaban J connectivity index is 0.00000137. The van der Waals surface area contributed by atoms with E-state index < -0.39 is 0 Å². The lowest BCUT2D eigenvalue weighted by atomic mass is 10.2. The zero-order valence-corrected chi connectivity index (χ0v) is 20.2. The Hall–Kier alpha value is -3.63. The molecule has 10 nitrogen and oxygen atoms in total. The zero-order chi connectivity index (χ0) is 25.5. The van der Waals surface area contributed by atoms with Crippen molar-refractivity contribution >= 4 is 18.3 Å². The second kappa shape index (κ2) is 15.3. The van der Waals surface area contributed by atoms with E-state index in [1.165, 1.54) is 0 Å². The van der Waals surface area contributed by atoms with Crippen molar-refractivity contribution in [1.82, 2.24) is 20.4 Å². The molecule has 0 aromatic heterocycles. The maximum absolute atomic E-state index is 12.5. The highest BCUT2D eigenvalue weighted by molar-refractivity contribution is 5.80. The number of benzene rings is 2. The van der Waals surface area contributed by atoms with Crippen molar-refractivity contribution in [2.45, 2.75) is 13.1 Å². The van der Waals surface area contributed by atoms with Crippen LogP contribution in [0.4, 0.5) is 0 Å². The molecule has 0 unspecified atom stereocenters. The molecule has 2 amide bonds. The topological polar surface area (TPSA) is 120 Å². The summed E-state index contributed by atoms with van der Waals surface area (Å²) in [5, 5.41) is 13.3. The number of piperazine rings is 1. The maximum atomic E-state index is 12.5. The SMILES string of the molecule is COc1ccc(CNCC(=O)N2CCN(C(=O)CNCc3ccc(OC)cc3)CC2)cc1.O=CO. The Kier molecular flexibility index (Phi) is 12.1. The van der Waals surface area contributed by atoms with E-state index in [0.717, 1.165) is 22.6 Å². The third-order valence-corrected chi connectivity index (χ3v) is 5.51. The standard InChI is InChI=1S/C24H32N4O4.CH2O2/c1-31-21-7-3-19(4-8-21)15-25-17-23(29)27-11-13-28(14-12-27)24(30)18-26-16-20-5-9-22(32-2)10-6-20;2-1-3/h3-10,25-26H,11-18H2,1-2H3;1H,(H,2,3). The van der Waals surface area contributed by atoms with Gasteiger partial charge in [-0.3, -0.25) is 14.4 Å². The first-order valence-corrected chi connectivity index (χ1v) is 11.3. The van der Waals surface area contributed by atoms with Crippen LogP contribution in [0.1, 0.15) is 11.1 Å². The maximum Gasteiger partial charge on any atom is 0.290 e. The summed E-state index contributed by atoms with van der Waals surface area (Å²) in [6.45, 7) is 3.80. The molecule has 3 rings (SSSR count). The monoisotopic (exact) mass is 486 g/mol. The van der Waals surface area contributed by atoms with E-state index >= 15 is 0 Å². The number of carboxylic acid groups (broad SMARTS) is 1. The highest BCUT2D eigenvalue weighted by Crippen LogP contribution is 2.12. The number of nitrogens with one attached hydrogen (secondary N) is 2. The molecule has 1 aliphatic heterocycles. The molecule has 0 radical (unpaired) electrons. The number of carbonyl (C=O) groups excluding carboxylic acids is 2. The molecule has 0 aliphatic carbocycles. The van der Waals surface area contributed by atoms with Crippen LogP contribution < -0.4 is 20.1 Å². The molecule has 1 aliphatic rings. The first-order chi connectivity index (χ1) is 17.0. The van der Waals surface area contributed by atoms with E-state index in [0.29, 0.717) is 39.3 Å². The molecule has 10 heteroatoms. The van der Waals surface area contributed by atoms with Crippen molar-refractivity contribution in [1.29, 1.82) is 0 Å². The van der Waals surface area contributed by atoms with E-state index in [1.807, 2.05) is 58.3 Å². The van der Waals surface area contributed by atoms with Crippen molar-refractivity contribution in [2.75, 3.05) is 53.5 Å². The van der Waals surface area contributed by atoms with Crippen LogP contribution in [0.2, 0.25) is 0 Å². The van der Waals surface area contributed by atoms with Crippen LogP contribution in [0, 0.1) is 0 Å². The lowest BCUT2D eigenvalue weighted by Gasteiger charge is -2.35. The molecule has 0 saturated carbocycles. The normalized spacial score (nSPS) is 12.9. The molecule has 2 aromatic rings. The van der Waals surface area contributed by atoms with Gasteiger partial charge in [0.15, 0.2) is 0 Å². The highest BCUT2D eigenvalue weighted by Gasteiger charge is 2.23. The van der Waals surface area contributed by atoms with Gasteiger partial charge in [-0.25, -0.2) is 0 Å². The fraction of sp³-hybridized carbons (Fsp3) is 0.400. The fourth-order valence-electron chi connectivity index (χ4n) is 3.54. The van der Waals surface area contributed by atoms with Gasteiger partial charge in [0, 0.05) is 39.3 Å². The summed E-state index contributed by atoms with van der Waals surface area (Å²) in [6.07, 6.45) is 0. The van der Waals surface area contributed by atoms with Crippen LogP contribution in [0.25, 0.3) is 0 Å². The van der Waals surface area contributed by atoms with Gasteiger partial charge in [-0.1, -0.05) is 24.3 Å². The van der Waals surface area contributed by atoms with Crippen molar-refractivity contribution in [3.05, 3.63) is 59.7 Å². The average Bonchev–Trinajstić information content (AvgIpc) is 2.90. The summed E-state index contributed by atoms with van der Waals surface area (Å²) in [5.41, 5.74) is 2.19. The van der Waals surface area contributed by atoms with E-state index in [4.69, 9.17) is 19.4 Å². The number of methoxy groups -OCH3 is 2. The van der Waals surface area contributed by atoms with E-state index in [-0.39, 0.29) is 31.4 Å². The third kappa shape index (κ3) is 9.63. The van der Waals surface area contributed by atoms with Crippen molar-refractivity contribution in [3.8, 4) is 11.5 Å². The second-order valence-corrected chi connectivity index (χ2v) is 7.77. The molecule has 1 heterocycles. The minimum absolute atomic E-state index is 0.0586. The van der Waals surface area contributed by atoms with Gasteiger partial charge in [0.05, 0.1) is 27.3 Å². The van der Waals surface area contributed by atoms with Crippen LogP contribution >= 0.6 is 0 Å². The molecular formula is C25H34N4O6. The van der Waals surface area contributed by atoms with Gasteiger partial charge in [-0.15, -0.1) is 0 Å². The minimum atomic E-state index is -0.250. The Morgan fingerprint density at radius 3 is 1.37 bits per heavy atom. The van der Waals surface area contributed by atoms with E-state index in [1.54, 1.807) is 14.2 Å². The van der Waals surface area contributed by atoms with Gasteiger partial charge in [0.1, 0.15) is 11.5 Å². The Morgan fingerprint density at radius 2 is 1.09 bits per heavy atom. The lowest BCUT2D eigenvalue weighted by Crippen LogP contribution is -2.53. The number of rotatable bonds is 10. The van der Waals surface area contributed by atoms with Crippen molar-refractivity contribution < 1.29 is 29.0 Å². The molecule has 190 valence electrons. The van der Waals surface area contributed by atoms with Crippen LogP contribution in [-0.2, 0) is 27.5 Å². The van der Waals surface area contributed by atoms with Crippen LogP contribution in [0.15, 0.2) is 48.5 Å². The summed E-state index contributed by atoms with van der Waals surface area (Å²) in [5.74, 6) is 1.74. The molecule has 0 atom stereocenters. The number of amides is 2.